The summed E-state index contributed by atoms with van der Waals surface area (Å²) in [5.74, 6) is 0.207. The lowest BCUT2D eigenvalue weighted by Crippen LogP contribution is -2.18. The minimum absolute atomic E-state index is 0.0912. The third-order valence-corrected chi connectivity index (χ3v) is 5.91. The van der Waals surface area contributed by atoms with Gasteiger partial charge in [0, 0.05) is 10.8 Å². The Hall–Kier alpha value is -2.18. The highest BCUT2D eigenvalue weighted by atomic mass is 32.2. The molecule has 0 radical (unpaired) electrons. The Morgan fingerprint density at radius 1 is 1.00 bits per heavy atom. The van der Waals surface area contributed by atoms with Crippen LogP contribution in [0.3, 0.4) is 0 Å². The van der Waals surface area contributed by atoms with Gasteiger partial charge in [-0.15, -0.1) is 22.0 Å². The molecule has 0 aliphatic rings. The molecule has 0 unspecified atom stereocenters. The summed E-state index contributed by atoms with van der Waals surface area (Å²) >= 11 is 2.95. The van der Waals surface area contributed by atoms with Gasteiger partial charge in [0.2, 0.25) is 11.0 Å². The number of rotatable bonds is 6. The summed E-state index contributed by atoms with van der Waals surface area (Å²) in [5, 5.41) is 12.3. The van der Waals surface area contributed by atoms with Crippen LogP contribution in [0.25, 0.3) is 0 Å². The van der Waals surface area contributed by atoms with Gasteiger partial charge in [0.1, 0.15) is 10.3 Å². The number of nitrogens with zero attached hydrogens (tertiary/aromatic N) is 2. The summed E-state index contributed by atoms with van der Waals surface area (Å²) in [4.78, 5) is 14.0. The molecule has 1 heterocycles. The maximum atomic E-state index is 12.9. The van der Waals surface area contributed by atoms with E-state index in [1.807, 2.05) is 60.7 Å². The van der Waals surface area contributed by atoms with Crippen molar-refractivity contribution >= 4 is 34.1 Å². The zero-order valence-electron chi connectivity index (χ0n) is 14.0. The summed E-state index contributed by atoms with van der Waals surface area (Å²) in [6.07, 6.45) is 0. The van der Waals surface area contributed by atoms with Gasteiger partial charge in [0.15, 0.2) is 0 Å². The number of thioether (sulfide) groups is 1. The van der Waals surface area contributed by atoms with Crippen molar-refractivity contribution in [1.82, 2.24) is 10.2 Å². The van der Waals surface area contributed by atoms with E-state index in [0.717, 1.165) is 15.5 Å². The van der Waals surface area contributed by atoms with Gasteiger partial charge in [-0.3, -0.25) is 10.1 Å². The minimum Gasteiger partial charge on any atom is -0.299 e. The zero-order chi connectivity index (χ0) is 17.6. The van der Waals surface area contributed by atoms with Crippen molar-refractivity contribution in [2.45, 2.75) is 29.9 Å². The van der Waals surface area contributed by atoms with Crippen LogP contribution >= 0.6 is 23.1 Å². The maximum Gasteiger partial charge on any atom is 0.244 e. The molecule has 1 amide bonds. The average molecular weight is 370 g/mol. The van der Waals surface area contributed by atoms with Gasteiger partial charge in [-0.1, -0.05) is 73.7 Å². The van der Waals surface area contributed by atoms with Gasteiger partial charge >= 0.3 is 0 Å². The summed E-state index contributed by atoms with van der Waals surface area (Å²) in [5.41, 5.74) is 0.961. The van der Waals surface area contributed by atoms with Crippen LogP contribution in [-0.4, -0.2) is 16.1 Å². The van der Waals surface area contributed by atoms with Crippen LogP contribution in [0.2, 0.25) is 0 Å². The Bertz CT molecular complexity index is 819. The molecule has 25 heavy (non-hydrogen) atoms. The maximum absolute atomic E-state index is 12.9. The molecule has 0 aliphatic heterocycles. The highest BCUT2D eigenvalue weighted by Crippen LogP contribution is 2.36. The average Bonchev–Trinajstić information content (AvgIpc) is 3.10. The smallest absolute Gasteiger partial charge is 0.244 e. The molecule has 4 nitrogen and oxygen atoms in total. The number of carbonyl (C=O) groups is 1. The molecular formula is C19H19N3OS2. The van der Waals surface area contributed by atoms with E-state index in [9.17, 15) is 4.79 Å². The monoisotopic (exact) mass is 369 g/mol. The molecule has 3 aromatic rings. The second kappa shape index (κ2) is 8.27. The van der Waals surface area contributed by atoms with E-state index in [1.54, 1.807) is 0 Å². The molecule has 6 heteroatoms. The molecule has 2 aromatic carbocycles. The molecule has 1 aromatic heterocycles. The largest absolute Gasteiger partial charge is 0.299 e. The SMILES string of the molecule is CC(C)c1nnc(NC(=O)[C@@H](Sc2ccccc2)c2ccccc2)s1. The van der Waals surface area contributed by atoms with Crippen LogP contribution in [0.15, 0.2) is 65.6 Å². The topological polar surface area (TPSA) is 54.9 Å². The van der Waals surface area contributed by atoms with Gasteiger partial charge in [0.05, 0.1) is 0 Å². The first kappa shape index (κ1) is 17.6. The van der Waals surface area contributed by atoms with Crippen LogP contribution < -0.4 is 5.32 Å². The van der Waals surface area contributed by atoms with Gasteiger partial charge in [-0.05, 0) is 17.7 Å². The summed E-state index contributed by atoms with van der Waals surface area (Å²) in [6.45, 7) is 4.12. The fourth-order valence-electron chi connectivity index (χ4n) is 2.23. The molecular weight excluding hydrogens is 350 g/mol. The van der Waals surface area contributed by atoms with Crippen molar-refractivity contribution in [2.75, 3.05) is 5.32 Å². The molecule has 1 atom stereocenters. The number of nitrogens with one attached hydrogen (secondary N) is 1. The number of carbonyl (C=O) groups excluding carboxylic acids is 1. The van der Waals surface area contributed by atoms with Crippen LogP contribution in [0.4, 0.5) is 5.13 Å². The molecule has 128 valence electrons. The van der Waals surface area contributed by atoms with Gasteiger partial charge < -0.3 is 0 Å². The Balaban J connectivity index is 1.81. The zero-order valence-corrected chi connectivity index (χ0v) is 15.7. The first-order chi connectivity index (χ1) is 12.1. The Labute approximate surface area is 155 Å². The lowest BCUT2D eigenvalue weighted by Gasteiger charge is -2.16. The predicted molar refractivity (Wildman–Crippen MR) is 104 cm³/mol. The second-order valence-corrected chi connectivity index (χ2v) is 8.00. The fraction of sp³-hybridized carbons (Fsp3) is 0.211. The van der Waals surface area contributed by atoms with E-state index < -0.39 is 0 Å². The van der Waals surface area contributed by atoms with Crippen LogP contribution in [0, 0.1) is 0 Å². The van der Waals surface area contributed by atoms with E-state index in [-0.39, 0.29) is 11.2 Å². The molecule has 0 aliphatic carbocycles. The number of aromatic nitrogens is 2. The molecule has 0 fully saturated rings. The van der Waals surface area contributed by atoms with Crippen molar-refractivity contribution < 1.29 is 4.79 Å². The van der Waals surface area contributed by atoms with Crippen LogP contribution in [-0.2, 0) is 4.79 Å². The van der Waals surface area contributed by atoms with Crippen molar-refractivity contribution in [3.63, 3.8) is 0 Å². The normalized spacial score (nSPS) is 12.1. The summed E-state index contributed by atoms with van der Waals surface area (Å²) in [6, 6.07) is 19.7. The molecule has 3 rings (SSSR count). The molecule has 0 saturated heterocycles. The Morgan fingerprint density at radius 2 is 1.64 bits per heavy atom. The Morgan fingerprint density at radius 3 is 2.24 bits per heavy atom. The second-order valence-electron chi connectivity index (χ2n) is 5.81. The molecule has 0 spiro atoms. The van der Waals surface area contributed by atoms with Crippen molar-refractivity contribution in [3.8, 4) is 0 Å². The van der Waals surface area contributed by atoms with Crippen molar-refractivity contribution in [3.05, 3.63) is 71.2 Å². The van der Waals surface area contributed by atoms with E-state index in [4.69, 9.17) is 0 Å². The highest BCUT2D eigenvalue weighted by Gasteiger charge is 2.23. The number of benzene rings is 2. The van der Waals surface area contributed by atoms with E-state index in [2.05, 4.69) is 29.4 Å². The first-order valence-corrected chi connectivity index (χ1v) is 9.74. The molecule has 0 saturated carbocycles. The molecule has 0 bridgehead atoms. The predicted octanol–water partition coefficient (Wildman–Crippen LogP) is 5.13. The van der Waals surface area contributed by atoms with Crippen molar-refractivity contribution in [1.29, 1.82) is 0 Å². The van der Waals surface area contributed by atoms with E-state index >= 15 is 0 Å². The standard InChI is InChI=1S/C19H19N3OS2/c1-13(2)18-21-22-19(25-18)20-17(23)16(14-9-5-3-6-10-14)24-15-11-7-4-8-12-15/h3-13,16H,1-2H3,(H,20,22,23)/t16-/m0/s1. The number of hydrogen-bond acceptors (Lipinski definition) is 5. The third-order valence-electron chi connectivity index (χ3n) is 3.50. The summed E-state index contributed by atoms with van der Waals surface area (Å²) in [7, 11) is 0. The van der Waals surface area contributed by atoms with E-state index in [1.165, 1.54) is 23.1 Å². The molecule has 1 N–H and O–H groups in total. The summed E-state index contributed by atoms with van der Waals surface area (Å²) < 4.78 is 0. The Kier molecular flexibility index (Phi) is 5.83. The lowest BCUT2D eigenvalue weighted by molar-refractivity contribution is -0.115. The number of amides is 1. The van der Waals surface area contributed by atoms with Gasteiger partial charge in [0.25, 0.3) is 0 Å². The number of hydrogen-bond donors (Lipinski definition) is 1. The van der Waals surface area contributed by atoms with Gasteiger partial charge in [-0.2, -0.15) is 0 Å². The van der Waals surface area contributed by atoms with Crippen molar-refractivity contribution in [2.24, 2.45) is 0 Å². The van der Waals surface area contributed by atoms with Gasteiger partial charge in [-0.25, -0.2) is 0 Å². The van der Waals surface area contributed by atoms with Crippen LogP contribution in [0.1, 0.15) is 35.6 Å². The third kappa shape index (κ3) is 4.67. The fourth-order valence-corrected chi connectivity index (χ4v) is 4.02. The first-order valence-electron chi connectivity index (χ1n) is 8.04. The van der Waals surface area contributed by atoms with E-state index in [0.29, 0.717) is 11.0 Å². The quantitative estimate of drug-likeness (QED) is 0.612. The minimum atomic E-state index is -0.352. The van der Waals surface area contributed by atoms with Crippen LogP contribution in [0.5, 0.6) is 0 Å². The lowest BCUT2D eigenvalue weighted by atomic mass is 10.1. The number of anilines is 1. The highest BCUT2D eigenvalue weighted by molar-refractivity contribution is 8.00.